The molecule has 2 amide bonds. The average Bonchev–Trinajstić information content (AvgIpc) is 4.21. The normalized spacial score (nSPS) is 18.9. The number of fused-ring (bicyclic) bond motifs is 1. The zero-order chi connectivity index (χ0) is 54.1. The Bertz CT molecular complexity index is 3230. The zero-order valence-electron chi connectivity index (χ0n) is 42.4. The molecule has 0 radical (unpaired) electrons. The molecule has 22 heteroatoms. The fourth-order valence-electron chi connectivity index (χ4n) is 9.61. The average molecular weight is 1080 g/mol. The number of rotatable bonds is 20. The molecule has 3 saturated heterocycles. The number of nitrogens with zero attached hydrogens (tertiary/aromatic N) is 5. The van der Waals surface area contributed by atoms with Gasteiger partial charge >= 0.3 is 10.2 Å². The number of β-amino-alcohol motifs (C(OH)–C–C–N with tert-alkyl or cyclic N) is 1. The van der Waals surface area contributed by atoms with Gasteiger partial charge in [-0.15, -0.1) is 11.3 Å². The number of ketones is 1. The van der Waals surface area contributed by atoms with Crippen LogP contribution in [0, 0.1) is 24.0 Å². The van der Waals surface area contributed by atoms with Gasteiger partial charge in [0.15, 0.2) is 5.82 Å². The van der Waals surface area contributed by atoms with E-state index in [9.17, 15) is 32.3 Å². The largest absolute Gasteiger partial charge is 0.491 e. The van der Waals surface area contributed by atoms with Crippen molar-refractivity contribution in [2.75, 3.05) is 57.2 Å². The van der Waals surface area contributed by atoms with Crippen molar-refractivity contribution in [3.8, 4) is 27.3 Å². The molecule has 3 aromatic heterocycles. The maximum atomic E-state index is 15.8. The molecule has 3 aliphatic rings. The van der Waals surface area contributed by atoms with Gasteiger partial charge in [-0.1, -0.05) is 63.7 Å². The minimum atomic E-state index is -4.38. The fourth-order valence-corrected chi connectivity index (χ4v) is 11.7. The van der Waals surface area contributed by atoms with Gasteiger partial charge in [-0.2, -0.15) is 12.7 Å². The number of nitrogens with one attached hydrogen (secondary N) is 4. The van der Waals surface area contributed by atoms with Gasteiger partial charge in [0.2, 0.25) is 17.6 Å². The lowest BCUT2D eigenvalue weighted by Crippen LogP contribution is -2.60. The Morgan fingerprint density at radius 1 is 0.974 bits per heavy atom. The number of hydrogen-bond acceptors (Lipinski definition) is 13. The van der Waals surface area contributed by atoms with Crippen LogP contribution in [0.1, 0.15) is 60.8 Å². The zero-order valence-corrected chi connectivity index (χ0v) is 44.1. The molecule has 3 aliphatic heterocycles. The summed E-state index contributed by atoms with van der Waals surface area (Å²) in [5.74, 6) is -3.67. The monoisotopic (exact) mass is 1080 g/mol. The first-order valence-corrected chi connectivity index (χ1v) is 27.2. The van der Waals surface area contributed by atoms with Crippen molar-refractivity contribution in [1.29, 1.82) is 0 Å². The Morgan fingerprint density at radius 2 is 1.71 bits per heavy atom. The van der Waals surface area contributed by atoms with Gasteiger partial charge in [-0.05, 0) is 65.8 Å². The molecule has 0 spiro atoms. The number of amides is 2. The molecular formula is C54H60F3N9O8S2. The molecule has 6 heterocycles. The van der Waals surface area contributed by atoms with Gasteiger partial charge in [0, 0.05) is 80.3 Å². The SMILES string of the molecule is C=C(NCc1ccc(-c2scnc2C)cc1)[C@@H]1C[C@@H](O)CN1C(=O)[C@@H](NC(=O)CN1CC(OCCOc2ccc(-c3cnc4[nH]cc(C(=O)c5c(F)ccc(NS(=O)(=O)N6CC[C@@H](F)C6)c5F)c4c3)cc2)C1)C(C)(C)C. The maximum Gasteiger partial charge on any atom is 0.301 e. The lowest BCUT2D eigenvalue weighted by Gasteiger charge is -2.40. The second-order valence-electron chi connectivity index (χ2n) is 20.5. The smallest absolute Gasteiger partial charge is 0.301 e. The number of pyridine rings is 1. The van der Waals surface area contributed by atoms with Crippen molar-refractivity contribution in [2.24, 2.45) is 5.41 Å². The lowest BCUT2D eigenvalue weighted by atomic mass is 9.85. The third-order valence-corrected chi connectivity index (χ3v) is 16.3. The molecule has 9 rings (SSSR count). The van der Waals surface area contributed by atoms with Crippen molar-refractivity contribution < 1.29 is 50.6 Å². The number of aromatic amines is 1. The summed E-state index contributed by atoms with van der Waals surface area (Å²) < 4.78 is 85.0. The molecule has 76 heavy (non-hydrogen) atoms. The number of carbonyl (C=O) groups excluding carboxylic acids is 3. The minimum absolute atomic E-state index is 0.0133. The van der Waals surface area contributed by atoms with Gasteiger partial charge < -0.3 is 35.1 Å². The number of anilines is 1. The summed E-state index contributed by atoms with van der Waals surface area (Å²) in [4.78, 5) is 57.6. The minimum Gasteiger partial charge on any atom is -0.491 e. The molecule has 3 aromatic carbocycles. The van der Waals surface area contributed by atoms with E-state index in [-0.39, 0.29) is 73.8 Å². The number of aryl methyl sites for hydroxylation is 1. The van der Waals surface area contributed by atoms with Crippen molar-refractivity contribution >= 4 is 55.9 Å². The predicted molar refractivity (Wildman–Crippen MR) is 282 cm³/mol. The molecule has 4 atom stereocenters. The van der Waals surface area contributed by atoms with E-state index in [2.05, 4.69) is 44.3 Å². The van der Waals surface area contributed by atoms with E-state index in [1.54, 1.807) is 52.8 Å². The Labute approximate surface area is 442 Å². The van der Waals surface area contributed by atoms with E-state index in [1.165, 1.54) is 6.20 Å². The first-order chi connectivity index (χ1) is 36.2. The first-order valence-electron chi connectivity index (χ1n) is 24.9. The Balaban J connectivity index is 0.722. The number of hydrogen-bond donors (Lipinski definition) is 5. The van der Waals surface area contributed by atoms with Crippen LogP contribution in [0.25, 0.3) is 32.6 Å². The number of H-pyrrole nitrogens is 1. The van der Waals surface area contributed by atoms with E-state index < -0.39 is 75.2 Å². The number of likely N-dealkylation sites (tertiary alicyclic amines) is 2. The number of ether oxygens (including phenoxy) is 2. The number of aliphatic hydroxyl groups is 1. The van der Waals surface area contributed by atoms with Crippen LogP contribution < -0.4 is 20.1 Å². The van der Waals surface area contributed by atoms with Crippen molar-refractivity contribution in [3.63, 3.8) is 0 Å². The number of aromatic nitrogens is 3. The Kier molecular flexibility index (Phi) is 16.0. The van der Waals surface area contributed by atoms with Crippen LogP contribution in [0.2, 0.25) is 0 Å². The fraction of sp³-hybridized carbons (Fsp3) is 0.389. The van der Waals surface area contributed by atoms with Crippen LogP contribution in [0.5, 0.6) is 5.75 Å². The lowest BCUT2D eigenvalue weighted by molar-refractivity contribution is -0.141. The third kappa shape index (κ3) is 12.1. The van der Waals surface area contributed by atoms with Crippen molar-refractivity contribution in [2.45, 2.75) is 77.5 Å². The second-order valence-corrected chi connectivity index (χ2v) is 23.0. The first kappa shape index (κ1) is 54.1. The molecule has 17 nitrogen and oxygen atoms in total. The summed E-state index contributed by atoms with van der Waals surface area (Å²) >= 11 is 1.60. The number of halogens is 3. The van der Waals surface area contributed by atoms with Gasteiger partial charge in [0.05, 0.1) is 58.7 Å². The highest BCUT2D eigenvalue weighted by atomic mass is 32.2. The van der Waals surface area contributed by atoms with Crippen LogP contribution >= 0.6 is 11.3 Å². The van der Waals surface area contributed by atoms with Crippen LogP contribution in [-0.2, 0) is 31.1 Å². The number of carbonyl (C=O) groups is 3. The van der Waals surface area contributed by atoms with Crippen LogP contribution in [-0.4, -0.2) is 143 Å². The summed E-state index contributed by atoms with van der Waals surface area (Å²) in [6, 6.07) is 17.3. The van der Waals surface area contributed by atoms with Gasteiger partial charge in [0.1, 0.15) is 36.0 Å². The number of thiazole rings is 1. The Morgan fingerprint density at radius 3 is 2.39 bits per heavy atom. The number of benzene rings is 3. The van der Waals surface area contributed by atoms with Gasteiger partial charge in [-0.25, -0.2) is 23.1 Å². The summed E-state index contributed by atoms with van der Waals surface area (Å²) in [6.45, 7) is 13.7. The molecule has 6 aromatic rings. The molecule has 0 aliphatic carbocycles. The quantitative estimate of drug-likeness (QED) is 0.0397. The number of alkyl halides is 1. The molecule has 5 N–H and O–H groups in total. The van der Waals surface area contributed by atoms with E-state index in [0.717, 1.165) is 38.1 Å². The van der Waals surface area contributed by atoms with Crippen molar-refractivity contribution in [1.82, 2.24) is 39.7 Å². The molecular weight excluding hydrogens is 1020 g/mol. The number of aliphatic hydroxyl groups excluding tert-OH is 1. The molecule has 0 bridgehead atoms. The van der Waals surface area contributed by atoms with Crippen LogP contribution in [0.3, 0.4) is 0 Å². The molecule has 0 unspecified atom stereocenters. The third-order valence-electron chi connectivity index (χ3n) is 13.8. The highest BCUT2D eigenvalue weighted by Crippen LogP contribution is 2.33. The van der Waals surface area contributed by atoms with E-state index in [1.807, 2.05) is 55.0 Å². The van der Waals surface area contributed by atoms with E-state index in [4.69, 9.17) is 9.47 Å². The van der Waals surface area contributed by atoms with Gasteiger partial charge in [0.25, 0.3) is 0 Å². The standard InChI is InChI=1S/C54H60F3N9O8S2/c1-31(58-22-33-6-8-35(9-7-33)50-32(2)61-30-75-50)45-21-38(67)26-66(45)53(70)51(54(3,4)5)62-46(68)29-64-27-40(28-64)74-19-18-73-39-12-10-34(11-13-39)36-20-41-42(24-60-52(41)59-23-36)49(69)47-43(56)14-15-44(48(47)57)63-76(71,72)65-17-16-37(55)25-65/h6-15,20,23-24,30,37-38,40,45,51,58,63,67H,1,16-19,21-22,25-29H2,2-5H3,(H,59,60)(H,62,68)/t37-,38-,45+,51-/m1/s1. The van der Waals surface area contributed by atoms with E-state index in [0.29, 0.717) is 48.6 Å². The molecule has 0 saturated carbocycles. The highest BCUT2D eigenvalue weighted by molar-refractivity contribution is 7.90. The summed E-state index contributed by atoms with van der Waals surface area (Å²) in [7, 11) is -4.38. The van der Waals surface area contributed by atoms with Crippen LogP contribution in [0.15, 0.2) is 96.9 Å². The van der Waals surface area contributed by atoms with E-state index >= 15 is 8.78 Å². The summed E-state index contributed by atoms with van der Waals surface area (Å²) in [6.07, 6.45) is 0.947. The molecule has 402 valence electrons. The Hall–Kier alpha value is -6.69. The second kappa shape index (κ2) is 22.5. The van der Waals surface area contributed by atoms with Crippen molar-refractivity contribution in [3.05, 3.63) is 131 Å². The molecule has 3 fully saturated rings. The summed E-state index contributed by atoms with van der Waals surface area (Å²) in [5.41, 5.74) is 4.79. The highest BCUT2D eigenvalue weighted by Gasteiger charge is 2.43. The van der Waals surface area contributed by atoms with Gasteiger partial charge in [-0.3, -0.25) is 24.0 Å². The topological polar surface area (TPSA) is 211 Å². The predicted octanol–water partition coefficient (Wildman–Crippen LogP) is 6.75. The van der Waals surface area contributed by atoms with Crippen LogP contribution in [0.4, 0.5) is 18.9 Å². The summed E-state index contributed by atoms with van der Waals surface area (Å²) in [5, 5.41) is 17.4. The maximum absolute atomic E-state index is 15.8.